The molecular formula is C22H31NO6S2Si. The van der Waals surface area contributed by atoms with Crippen LogP contribution in [0, 0.1) is 0 Å². The molecule has 0 unspecified atom stereocenters. The molecule has 0 aliphatic carbocycles. The third-order valence-corrected chi connectivity index (χ3v) is 13.7. The van der Waals surface area contributed by atoms with Gasteiger partial charge in [-0.25, -0.2) is 8.42 Å². The fraction of sp³-hybridized carbons (Fsp3) is 0.500. The molecule has 1 aliphatic heterocycles. The lowest BCUT2D eigenvalue weighted by Crippen LogP contribution is -2.48. The third kappa shape index (κ3) is 4.79. The van der Waals surface area contributed by atoms with Gasteiger partial charge in [0, 0.05) is 17.8 Å². The van der Waals surface area contributed by atoms with Crippen molar-refractivity contribution in [2.45, 2.75) is 62.4 Å². The van der Waals surface area contributed by atoms with Crippen molar-refractivity contribution in [1.82, 2.24) is 4.31 Å². The van der Waals surface area contributed by atoms with Gasteiger partial charge in [0.25, 0.3) is 0 Å². The smallest absolute Gasteiger partial charge is 0.322 e. The monoisotopic (exact) mass is 497 g/mol. The zero-order valence-electron chi connectivity index (χ0n) is 19.3. The lowest BCUT2D eigenvalue weighted by molar-refractivity contribution is -0.141. The first kappa shape index (κ1) is 24.9. The molecule has 10 heteroatoms. The Morgan fingerprint density at radius 2 is 1.81 bits per heavy atom. The van der Waals surface area contributed by atoms with Gasteiger partial charge in [0.15, 0.2) is 8.32 Å². The lowest BCUT2D eigenvalue weighted by Gasteiger charge is -2.40. The molecule has 2 heterocycles. The van der Waals surface area contributed by atoms with Crippen LogP contribution in [0.3, 0.4) is 0 Å². The Morgan fingerprint density at radius 3 is 2.34 bits per heavy atom. The minimum atomic E-state index is -4.09. The number of carboxylic acids is 1. The number of carbonyl (C=O) groups is 1. The van der Waals surface area contributed by atoms with Crippen molar-refractivity contribution in [3.63, 3.8) is 0 Å². The van der Waals surface area contributed by atoms with E-state index in [1.54, 1.807) is 12.1 Å². The summed E-state index contributed by atoms with van der Waals surface area (Å²) in [5, 5.41) is 11.8. The predicted molar refractivity (Wildman–Crippen MR) is 127 cm³/mol. The summed E-state index contributed by atoms with van der Waals surface area (Å²) in [6, 6.07) is 6.71. The van der Waals surface area contributed by atoms with Crippen LogP contribution in [0.1, 0.15) is 37.3 Å². The molecule has 0 saturated carbocycles. The van der Waals surface area contributed by atoms with Crippen LogP contribution in [0.2, 0.25) is 18.1 Å². The summed E-state index contributed by atoms with van der Waals surface area (Å²) in [5.41, 5.74) is 0.888. The third-order valence-electron chi connectivity index (χ3n) is 6.39. The van der Waals surface area contributed by atoms with Crippen LogP contribution in [-0.4, -0.2) is 51.8 Å². The fourth-order valence-electron chi connectivity index (χ4n) is 3.46. The Kier molecular flexibility index (Phi) is 6.93. The summed E-state index contributed by atoms with van der Waals surface area (Å²) < 4.78 is 40.1. The highest BCUT2D eigenvalue weighted by Gasteiger charge is 2.45. The average molecular weight is 498 g/mol. The van der Waals surface area contributed by atoms with Crippen LogP contribution >= 0.6 is 11.3 Å². The average Bonchev–Trinajstić information content (AvgIpc) is 3.10. The number of aliphatic carboxylic acids is 1. The molecule has 7 nitrogen and oxygen atoms in total. The highest BCUT2D eigenvalue weighted by Crippen LogP contribution is 2.43. The summed E-state index contributed by atoms with van der Waals surface area (Å²) in [7, 11) is -4.85. The number of hydrogen-bond acceptors (Lipinski definition) is 6. The van der Waals surface area contributed by atoms with E-state index in [0.717, 1.165) is 14.7 Å². The molecule has 1 aromatic heterocycles. The van der Waals surface area contributed by atoms with Crippen LogP contribution in [0.5, 0.6) is 5.75 Å². The molecule has 0 saturated heterocycles. The first-order valence-corrected chi connectivity index (χ1v) is 15.6. The van der Waals surface area contributed by atoms with Gasteiger partial charge < -0.3 is 14.3 Å². The quantitative estimate of drug-likeness (QED) is 0.590. The molecule has 0 spiro atoms. The number of rotatable bonds is 6. The number of sulfonamides is 1. The molecular weight excluding hydrogens is 466 g/mol. The topological polar surface area (TPSA) is 93.1 Å². The van der Waals surface area contributed by atoms with Crippen LogP contribution in [0.4, 0.5) is 0 Å². The Hall–Kier alpha value is -1.72. The SMILES string of the molecule is COc1ccc(S(=O)(=O)N2C[C@H](O[Si](C)(C)C(C)(C)C)c3ccsc3C[C@H]2C(=O)O)cc1. The first-order chi connectivity index (χ1) is 14.8. The molecule has 1 aliphatic rings. The van der Waals surface area contributed by atoms with Gasteiger partial charge in [-0.05, 0) is 59.4 Å². The van der Waals surface area contributed by atoms with E-state index >= 15 is 0 Å². The maximum atomic E-state index is 13.6. The van der Waals surface area contributed by atoms with E-state index in [-0.39, 0.29) is 22.9 Å². The normalized spacial score (nSPS) is 20.4. The van der Waals surface area contributed by atoms with Gasteiger partial charge >= 0.3 is 5.97 Å². The highest BCUT2D eigenvalue weighted by molar-refractivity contribution is 7.89. The second-order valence-electron chi connectivity index (χ2n) is 9.47. The largest absolute Gasteiger partial charge is 0.497 e. The van der Waals surface area contributed by atoms with Gasteiger partial charge in [-0.15, -0.1) is 11.3 Å². The molecule has 176 valence electrons. The molecule has 0 fully saturated rings. The van der Waals surface area contributed by atoms with Crippen LogP contribution in [0.15, 0.2) is 40.6 Å². The van der Waals surface area contributed by atoms with Crippen LogP contribution in [0.25, 0.3) is 0 Å². The predicted octanol–water partition coefficient (Wildman–Crippen LogP) is 4.52. The van der Waals surface area contributed by atoms with E-state index in [0.29, 0.717) is 5.75 Å². The molecule has 2 aromatic rings. The Morgan fingerprint density at radius 1 is 1.19 bits per heavy atom. The van der Waals surface area contributed by atoms with Crippen molar-refractivity contribution in [2.24, 2.45) is 0 Å². The summed E-state index contributed by atoms with van der Waals surface area (Å²) in [5.74, 6) is -0.648. The number of carboxylic acid groups (broad SMARTS) is 1. The number of ether oxygens (including phenoxy) is 1. The minimum absolute atomic E-state index is 0.0286. The van der Waals surface area contributed by atoms with Gasteiger partial charge in [0.05, 0.1) is 18.1 Å². The van der Waals surface area contributed by atoms with E-state index in [1.165, 1.54) is 30.6 Å². The lowest BCUT2D eigenvalue weighted by atomic mass is 10.1. The number of benzene rings is 1. The van der Waals surface area contributed by atoms with Gasteiger partial charge in [0.2, 0.25) is 10.0 Å². The summed E-state index contributed by atoms with van der Waals surface area (Å²) in [6.07, 6.45) is -0.427. The molecule has 0 amide bonds. The molecule has 1 aromatic carbocycles. The summed E-state index contributed by atoms with van der Waals surface area (Å²) in [6.45, 7) is 10.5. The van der Waals surface area contributed by atoms with E-state index < -0.39 is 36.5 Å². The van der Waals surface area contributed by atoms with Crippen molar-refractivity contribution in [3.05, 3.63) is 46.2 Å². The molecule has 3 rings (SSSR count). The maximum absolute atomic E-state index is 13.6. The Balaban J connectivity index is 2.07. The standard InChI is InChI=1S/C22H31NO6S2Si/c1-22(2,3)32(5,6)29-19-14-23(18(21(24)25)13-20-17(19)11-12-30-20)31(26,27)16-9-7-15(28-4)8-10-16/h7-12,18-19H,13-14H2,1-6H3,(H,24,25)/t18-,19-/m0/s1. The molecule has 1 N–H and O–H groups in total. The van der Waals surface area contributed by atoms with E-state index in [9.17, 15) is 18.3 Å². The Labute approximate surface area is 195 Å². The molecule has 0 radical (unpaired) electrons. The molecule has 2 atom stereocenters. The minimum Gasteiger partial charge on any atom is -0.497 e. The van der Waals surface area contributed by atoms with E-state index in [4.69, 9.17) is 9.16 Å². The summed E-state index contributed by atoms with van der Waals surface area (Å²) >= 11 is 1.44. The number of thiophene rings is 1. The fourth-order valence-corrected chi connectivity index (χ4v) is 7.28. The van der Waals surface area contributed by atoms with Gasteiger partial charge in [-0.2, -0.15) is 4.31 Å². The van der Waals surface area contributed by atoms with Gasteiger partial charge in [0.1, 0.15) is 11.8 Å². The van der Waals surface area contributed by atoms with Crippen molar-refractivity contribution in [2.75, 3.05) is 13.7 Å². The highest BCUT2D eigenvalue weighted by atomic mass is 32.2. The van der Waals surface area contributed by atoms with Crippen molar-refractivity contribution < 1.29 is 27.5 Å². The first-order valence-electron chi connectivity index (χ1n) is 10.4. The number of fused-ring (bicyclic) bond motifs is 1. The number of nitrogens with zero attached hydrogens (tertiary/aromatic N) is 1. The van der Waals surface area contributed by atoms with Crippen molar-refractivity contribution >= 4 is 35.6 Å². The summed E-state index contributed by atoms with van der Waals surface area (Å²) in [4.78, 5) is 13.1. The van der Waals surface area contributed by atoms with E-state index in [1.807, 2.05) is 11.4 Å². The number of hydrogen-bond donors (Lipinski definition) is 1. The van der Waals surface area contributed by atoms with Crippen molar-refractivity contribution in [1.29, 1.82) is 0 Å². The second-order valence-corrected chi connectivity index (χ2v) is 17.1. The number of methoxy groups -OCH3 is 1. The van der Waals surface area contributed by atoms with Gasteiger partial charge in [-0.1, -0.05) is 20.8 Å². The zero-order chi connectivity index (χ0) is 23.9. The van der Waals surface area contributed by atoms with Crippen molar-refractivity contribution in [3.8, 4) is 5.75 Å². The maximum Gasteiger partial charge on any atom is 0.322 e. The van der Waals surface area contributed by atoms with Crippen LogP contribution < -0.4 is 4.74 Å². The molecule has 32 heavy (non-hydrogen) atoms. The second kappa shape index (κ2) is 8.90. The van der Waals surface area contributed by atoms with Crippen LogP contribution in [-0.2, 0) is 25.7 Å². The zero-order valence-corrected chi connectivity index (χ0v) is 21.9. The Bertz CT molecular complexity index is 1070. The van der Waals surface area contributed by atoms with E-state index in [2.05, 4.69) is 33.9 Å². The molecule has 0 bridgehead atoms. The van der Waals surface area contributed by atoms with Gasteiger partial charge in [-0.3, -0.25) is 4.79 Å².